The van der Waals surface area contributed by atoms with Gasteiger partial charge in [-0.3, -0.25) is 4.79 Å². The molecule has 0 atom stereocenters. The van der Waals surface area contributed by atoms with E-state index in [-0.39, 0.29) is 0 Å². The third-order valence-electron chi connectivity index (χ3n) is 3.69. The van der Waals surface area contributed by atoms with Crippen molar-refractivity contribution < 1.29 is 4.79 Å². The van der Waals surface area contributed by atoms with Gasteiger partial charge in [0.15, 0.2) is 5.78 Å². The van der Waals surface area contributed by atoms with E-state index in [1.807, 2.05) is 0 Å². The van der Waals surface area contributed by atoms with Gasteiger partial charge in [-0.2, -0.15) is 0 Å². The van der Waals surface area contributed by atoms with Gasteiger partial charge in [0.05, 0.1) is 0 Å². The van der Waals surface area contributed by atoms with Crippen LogP contribution in [0.15, 0.2) is 12.1 Å². The van der Waals surface area contributed by atoms with E-state index in [4.69, 9.17) is 0 Å². The van der Waals surface area contributed by atoms with Crippen LogP contribution in [0.2, 0.25) is 0 Å². The zero-order valence-electron chi connectivity index (χ0n) is 11.3. The topological polar surface area (TPSA) is 17.1 Å². The molecule has 0 unspecified atom stereocenters. The second-order valence-electron chi connectivity index (χ2n) is 5.73. The van der Waals surface area contributed by atoms with Gasteiger partial charge in [-0.25, -0.2) is 0 Å². The van der Waals surface area contributed by atoms with Crippen molar-refractivity contribution in [3.63, 3.8) is 0 Å². The average Bonchev–Trinajstić information content (AvgIpc) is 2.27. The minimum atomic E-state index is 0.352. The van der Waals surface area contributed by atoms with E-state index in [1.54, 1.807) is 0 Å². The molecule has 0 bridgehead atoms. The molecule has 1 aliphatic carbocycles. The van der Waals surface area contributed by atoms with Crippen LogP contribution in [0.25, 0.3) is 0 Å². The smallest absolute Gasteiger partial charge is 0.163 e. The lowest BCUT2D eigenvalue weighted by Crippen LogP contribution is -2.15. The fraction of sp³-hybridized carbons (Fsp3) is 0.562. The predicted molar refractivity (Wildman–Crippen MR) is 71.9 cm³/mol. The summed E-state index contributed by atoms with van der Waals surface area (Å²) in [6, 6.07) is 4.50. The summed E-state index contributed by atoms with van der Waals surface area (Å²) in [7, 11) is 0. The zero-order chi connectivity index (χ0) is 12.6. The molecule has 0 spiro atoms. The van der Waals surface area contributed by atoms with Crippen LogP contribution in [-0.2, 0) is 6.42 Å². The van der Waals surface area contributed by atoms with Gasteiger partial charge in [-0.15, -0.1) is 0 Å². The molecular formula is C16H22O. The summed E-state index contributed by atoms with van der Waals surface area (Å²) in [5.74, 6) is 1.32. The first-order valence-corrected chi connectivity index (χ1v) is 6.70. The monoisotopic (exact) mass is 230 g/mol. The van der Waals surface area contributed by atoms with Crippen molar-refractivity contribution >= 4 is 5.78 Å². The highest BCUT2D eigenvalue weighted by Gasteiger charge is 2.23. The summed E-state index contributed by atoms with van der Waals surface area (Å²) in [5, 5.41) is 0. The molecule has 1 nitrogen and oxygen atoms in total. The first kappa shape index (κ1) is 12.3. The first-order valence-electron chi connectivity index (χ1n) is 6.70. The van der Waals surface area contributed by atoms with Crippen molar-refractivity contribution in [1.29, 1.82) is 0 Å². The van der Waals surface area contributed by atoms with Crippen LogP contribution in [0, 0.1) is 0 Å². The summed E-state index contributed by atoms with van der Waals surface area (Å²) < 4.78 is 0. The zero-order valence-corrected chi connectivity index (χ0v) is 11.3. The normalized spacial score (nSPS) is 15.5. The summed E-state index contributed by atoms with van der Waals surface area (Å²) in [6.45, 7) is 8.80. The minimum absolute atomic E-state index is 0.352. The molecule has 0 saturated carbocycles. The number of carbonyl (C=O) groups is 1. The molecule has 1 heteroatoms. The standard InChI is InChI=1S/C16H22O/c1-10(2)13-8-12-6-5-7-15(17)16(12)14(9-13)11(3)4/h8-11H,5-7H2,1-4H3. The number of rotatable bonds is 2. The first-order chi connectivity index (χ1) is 8.00. The minimum Gasteiger partial charge on any atom is -0.294 e. The Morgan fingerprint density at radius 3 is 2.29 bits per heavy atom. The van der Waals surface area contributed by atoms with E-state index in [1.165, 1.54) is 16.7 Å². The van der Waals surface area contributed by atoms with Crippen LogP contribution in [0.4, 0.5) is 0 Å². The van der Waals surface area contributed by atoms with Crippen molar-refractivity contribution in [2.24, 2.45) is 0 Å². The van der Waals surface area contributed by atoms with E-state index in [9.17, 15) is 4.79 Å². The van der Waals surface area contributed by atoms with Crippen LogP contribution in [0.1, 0.15) is 79.4 Å². The van der Waals surface area contributed by atoms with E-state index < -0.39 is 0 Å². The Balaban J connectivity index is 2.62. The van der Waals surface area contributed by atoms with Crippen molar-refractivity contribution in [3.05, 3.63) is 34.4 Å². The largest absolute Gasteiger partial charge is 0.294 e. The molecule has 0 aromatic heterocycles. The highest BCUT2D eigenvalue weighted by Crippen LogP contribution is 2.32. The van der Waals surface area contributed by atoms with Crippen LogP contribution in [0.5, 0.6) is 0 Å². The fourth-order valence-corrected chi connectivity index (χ4v) is 2.64. The Bertz CT molecular complexity index is 441. The molecule has 1 aromatic rings. The second-order valence-corrected chi connectivity index (χ2v) is 5.73. The molecule has 0 fully saturated rings. The number of aryl methyl sites for hydroxylation is 1. The van der Waals surface area contributed by atoms with Crippen LogP contribution >= 0.6 is 0 Å². The molecule has 1 aliphatic rings. The second kappa shape index (κ2) is 4.64. The van der Waals surface area contributed by atoms with Gasteiger partial charge >= 0.3 is 0 Å². The Morgan fingerprint density at radius 1 is 1.00 bits per heavy atom. The van der Waals surface area contributed by atoms with Crippen molar-refractivity contribution in [1.82, 2.24) is 0 Å². The highest BCUT2D eigenvalue weighted by molar-refractivity contribution is 6.00. The summed E-state index contributed by atoms with van der Waals surface area (Å²) in [6.07, 6.45) is 2.82. The summed E-state index contributed by atoms with van der Waals surface area (Å²) in [5.41, 5.74) is 4.96. The number of fused-ring (bicyclic) bond motifs is 1. The number of hydrogen-bond acceptors (Lipinski definition) is 1. The Morgan fingerprint density at radius 2 is 1.71 bits per heavy atom. The Hall–Kier alpha value is -1.11. The predicted octanol–water partition coefficient (Wildman–Crippen LogP) is 4.45. The molecule has 0 amide bonds. The SMILES string of the molecule is CC(C)c1cc2c(c(C(C)C)c1)C(=O)CCC2. The summed E-state index contributed by atoms with van der Waals surface area (Å²) in [4.78, 5) is 12.1. The Kier molecular flexibility index (Phi) is 3.37. The van der Waals surface area contributed by atoms with Crippen LogP contribution < -0.4 is 0 Å². The number of ketones is 1. The van der Waals surface area contributed by atoms with Gasteiger partial charge in [0, 0.05) is 12.0 Å². The van der Waals surface area contributed by atoms with E-state index in [0.29, 0.717) is 17.6 Å². The number of Topliss-reactive ketones (excluding diaryl/α,β-unsaturated/α-hetero) is 1. The van der Waals surface area contributed by atoms with E-state index in [2.05, 4.69) is 39.8 Å². The lowest BCUT2D eigenvalue weighted by Gasteiger charge is -2.23. The highest BCUT2D eigenvalue weighted by atomic mass is 16.1. The quantitative estimate of drug-likeness (QED) is 0.733. The third kappa shape index (κ3) is 2.29. The molecule has 92 valence electrons. The van der Waals surface area contributed by atoms with Crippen LogP contribution in [0.3, 0.4) is 0 Å². The Labute approximate surface area is 104 Å². The van der Waals surface area contributed by atoms with Crippen LogP contribution in [-0.4, -0.2) is 5.78 Å². The molecule has 0 N–H and O–H groups in total. The molecule has 0 heterocycles. The fourth-order valence-electron chi connectivity index (χ4n) is 2.64. The molecule has 0 saturated heterocycles. The maximum absolute atomic E-state index is 12.1. The van der Waals surface area contributed by atoms with Gasteiger partial charge < -0.3 is 0 Å². The lowest BCUT2D eigenvalue weighted by molar-refractivity contribution is 0.0971. The van der Waals surface area contributed by atoms with E-state index in [0.717, 1.165) is 24.8 Å². The molecule has 1 aromatic carbocycles. The van der Waals surface area contributed by atoms with Gasteiger partial charge in [0.1, 0.15) is 0 Å². The maximum Gasteiger partial charge on any atom is 0.163 e. The van der Waals surface area contributed by atoms with Gasteiger partial charge in [-0.05, 0) is 41.4 Å². The van der Waals surface area contributed by atoms with Gasteiger partial charge in [0.2, 0.25) is 0 Å². The lowest BCUT2D eigenvalue weighted by atomic mass is 9.81. The summed E-state index contributed by atoms with van der Waals surface area (Å²) >= 11 is 0. The molecule has 17 heavy (non-hydrogen) atoms. The number of hydrogen-bond donors (Lipinski definition) is 0. The molecular weight excluding hydrogens is 208 g/mol. The molecule has 0 radical (unpaired) electrons. The molecule has 0 aliphatic heterocycles. The van der Waals surface area contributed by atoms with Crippen molar-refractivity contribution in [2.75, 3.05) is 0 Å². The third-order valence-corrected chi connectivity index (χ3v) is 3.69. The average molecular weight is 230 g/mol. The van der Waals surface area contributed by atoms with E-state index >= 15 is 0 Å². The molecule has 2 rings (SSSR count). The van der Waals surface area contributed by atoms with Crippen molar-refractivity contribution in [3.8, 4) is 0 Å². The van der Waals surface area contributed by atoms with Gasteiger partial charge in [0.25, 0.3) is 0 Å². The number of carbonyl (C=O) groups excluding carboxylic acids is 1. The number of benzene rings is 1. The van der Waals surface area contributed by atoms with Crippen molar-refractivity contribution in [2.45, 2.75) is 58.8 Å². The van der Waals surface area contributed by atoms with Gasteiger partial charge in [-0.1, -0.05) is 39.8 Å². The maximum atomic E-state index is 12.1.